The Hall–Kier alpha value is -0.870. The molecule has 0 amide bonds. The van der Waals surface area contributed by atoms with Crippen molar-refractivity contribution in [3.8, 4) is 0 Å². The molecule has 2 heterocycles. The van der Waals surface area contributed by atoms with E-state index in [0.717, 1.165) is 19.4 Å². The van der Waals surface area contributed by atoms with E-state index >= 15 is 0 Å². The molecule has 2 aliphatic heterocycles. The van der Waals surface area contributed by atoms with Crippen molar-refractivity contribution in [1.82, 2.24) is 0 Å². The van der Waals surface area contributed by atoms with Gasteiger partial charge in [-0.25, -0.2) is 0 Å². The molecule has 0 saturated carbocycles. The molecule has 3 nitrogen and oxygen atoms in total. The van der Waals surface area contributed by atoms with Gasteiger partial charge < -0.3 is 15.0 Å². The lowest BCUT2D eigenvalue weighted by atomic mass is 9.89. The number of rotatable bonds is 3. The van der Waals surface area contributed by atoms with Gasteiger partial charge in [-0.15, -0.1) is 0 Å². The van der Waals surface area contributed by atoms with E-state index in [1.54, 1.807) is 0 Å². The fourth-order valence-electron chi connectivity index (χ4n) is 3.43. The minimum atomic E-state index is 0.148. The number of aryl methyl sites for hydroxylation is 1. The molecule has 0 aromatic heterocycles. The molecule has 0 radical (unpaired) electrons. The van der Waals surface area contributed by atoms with Crippen LogP contribution < -0.4 is 10.2 Å². The first-order valence-corrected chi connectivity index (χ1v) is 9.00. The van der Waals surface area contributed by atoms with Gasteiger partial charge in [0.1, 0.15) is 0 Å². The molecule has 3 rings (SSSR count). The SMILES string of the molecule is Cc1ccc(NC2CCOC3(CCSC3)C2)cc1N(C)C. The summed E-state index contributed by atoms with van der Waals surface area (Å²) in [6, 6.07) is 7.21. The largest absolute Gasteiger partial charge is 0.382 e. The number of ether oxygens (including phenoxy) is 1. The Morgan fingerprint density at radius 3 is 2.95 bits per heavy atom. The Kier molecular flexibility index (Phi) is 4.36. The first-order valence-electron chi connectivity index (χ1n) is 7.84. The molecule has 1 N–H and O–H groups in total. The van der Waals surface area contributed by atoms with E-state index in [9.17, 15) is 0 Å². The molecule has 2 unspecified atom stereocenters. The van der Waals surface area contributed by atoms with Gasteiger partial charge in [-0.1, -0.05) is 6.07 Å². The van der Waals surface area contributed by atoms with Crippen LogP contribution in [0.2, 0.25) is 0 Å². The summed E-state index contributed by atoms with van der Waals surface area (Å²) in [5.74, 6) is 2.42. The van der Waals surface area contributed by atoms with Crippen LogP contribution in [0.3, 0.4) is 0 Å². The van der Waals surface area contributed by atoms with Gasteiger partial charge in [0.25, 0.3) is 0 Å². The second-order valence-electron chi connectivity index (χ2n) is 6.56. The molecule has 2 atom stereocenters. The highest BCUT2D eigenvalue weighted by molar-refractivity contribution is 7.99. The van der Waals surface area contributed by atoms with E-state index in [2.05, 4.69) is 49.4 Å². The molecule has 0 bridgehead atoms. The molecule has 1 aromatic rings. The van der Waals surface area contributed by atoms with Crippen LogP contribution in [0.1, 0.15) is 24.8 Å². The number of nitrogens with zero attached hydrogens (tertiary/aromatic N) is 1. The Bertz CT molecular complexity index is 498. The number of anilines is 2. The maximum Gasteiger partial charge on any atom is 0.0799 e. The monoisotopic (exact) mass is 306 g/mol. The minimum Gasteiger partial charge on any atom is -0.382 e. The van der Waals surface area contributed by atoms with Crippen LogP contribution in [0.5, 0.6) is 0 Å². The van der Waals surface area contributed by atoms with Crippen molar-refractivity contribution in [2.75, 3.05) is 42.4 Å². The van der Waals surface area contributed by atoms with Gasteiger partial charge in [0, 0.05) is 43.9 Å². The molecule has 116 valence electrons. The average Bonchev–Trinajstić information content (AvgIpc) is 2.88. The number of hydrogen-bond donors (Lipinski definition) is 1. The predicted molar refractivity (Wildman–Crippen MR) is 92.8 cm³/mol. The molecule has 1 spiro atoms. The third-order valence-corrected chi connectivity index (χ3v) is 5.84. The molecule has 1 aromatic carbocycles. The third-order valence-electron chi connectivity index (χ3n) is 4.62. The Morgan fingerprint density at radius 1 is 1.38 bits per heavy atom. The summed E-state index contributed by atoms with van der Waals surface area (Å²) in [5.41, 5.74) is 3.99. The Labute approximate surface area is 132 Å². The maximum absolute atomic E-state index is 6.11. The first-order chi connectivity index (χ1) is 10.1. The molecule has 0 aliphatic carbocycles. The summed E-state index contributed by atoms with van der Waals surface area (Å²) in [6.07, 6.45) is 3.47. The van der Waals surface area contributed by atoms with Gasteiger partial charge in [0.05, 0.1) is 5.60 Å². The van der Waals surface area contributed by atoms with E-state index < -0.39 is 0 Å². The standard InChI is InChI=1S/C17H26N2OS/c1-13-4-5-14(10-16(13)19(2)3)18-15-6-8-20-17(11-15)7-9-21-12-17/h4-5,10,15,18H,6-9,11-12H2,1-3H3. The number of hydrogen-bond acceptors (Lipinski definition) is 4. The van der Waals surface area contributed by atoms with Crippen LogP contribution in [-0.4, -0.2) is 43.9 Å². The predicted octanol–water partition coefficient (Wildman–Crippen LogP) is 3.53. The van der Waals surface area contributed by atoms with Crippen molar-refractivity contribution < 1.29 is 4.74 Å². The van der Waals surface area contributed by atoms with Gasteiger partial charge in [-0.05, 0) is 49.6 Å². The van der Waals surface area contributed by atoms with Crippen LogP contribution in [0, 0.1) is 6.92 Å². The summed E-state index contributed by atoms with van der Waals surface area (Å²) in [6.45, 7) is 3.06. The smallest absolute Gasteiger partial charge is 0.0799 e. The highest BCUT2D eigenvalue weighted by Gasteiger charge is 2.40. The lowest BCUT2D eigenvalue weighted by Gasteiger charge is -2.38. The molecule has 2 fully saturated rings. The van der Waals surface area contributed by atoms with Crippen molar-refractivity contribution in [2.24, 2.45) is 0 Å². The van der Waals surface area contributed by atoms with Gasteiger partial charge >= 0.3 is 0 Å². The summed E-state index contributed by atoms with van der Waals surface area (Å²) in [5, 5.41) is 3.74. The molecule has 2 saturated heterocycles. The van der Waals surface area contributed by atoms with E-state index in [1.807, 2.05) is 11.8 Å². The topological polar surface area (TPSA) is 24.5 Å². The fourth-order valence-corrected chi connectivity index (χ4v) is 4.81. The summed E-state index contributed by atoms with van der Waals surface area (Å²) in [4.78, 5) is 2.18. The highest BCUT2D eigenvalue weighted by Crippen LogP contribution is 2.39. The minimum absolute atomic E-state index is 0.148. The normalized spacial score (nSPS) is 28.8. The van der Waals surface area contributed by atoms with Crippen LogP contribution >= 0.6 is 11.8 Å². The zero-order valence-corrected chi connectivity index (χ0v) is 14.1. The molecular weight excluding hydrogens is 280 g/mol. The van der Waals surface area contributed by atoms with Crippen molar-refractivity contribution >= 4 is 23.1 Å². The zero-order valence-electron chi connectivity index (χ0n) is 13.3. The lowest BCUT2D eigenvalue weighted by molar-refractivity contribution is -0.0628. The zero-order chi connectivity index (χ0) is 14.9. The van der Waals surface area contributed by atoms with Crippen molar-refractivity contribution in [2.45, 2.75) is 37.8 Å². The first kappa shape index (κ1) is 15.0. The summed E-state index contributed by atoms with van der Waals surface area (Å²) < 4.78 is 6.11. The maximum atomic E-state index is 6.11. The number of thioether (sulfide) groups is 1. The van der Waals surface area contributed by atoms with Crippen molar-refractivity contribution in [3.05, 3.63) is 23.8 Å². The van der Waals surface area contributed by atoms with E-state index in [-0.39, 0.29) is 5.60 Å². The van der Waals surface area contributed by atoms with Gasteiger partial charge in [0.15, 0.2) is 0 Å². The Morgan fingerprint density at radius 2 is 2.24 bits per heavy atom. The van der Waals surface area contributed by atoms with Gasteiger partial charge in [-0.3, -0.25) is 0 Å². The summed E-state index contributed by atoms with van der Waals surface area (Å²) >= 11 is 2.04. The fraction of sp³-hybridized carbons (Fsp3) is 0.647. The molecule has 4 heteroatoms. The average molecular weight is 306 g/mol. The molecular formula is C17H26N2OS. The van der Waals surface area contributed by atoms with Crippen LogP contribution in [0.15, 0.2) is 18.2 Å². The van der Waals surface area contributed by atoms with Crippen LogP contribution in [-0.2, 0) is 4.74 Å². The lowest BCUT2D eigenvalue weighted by Crippen LogP contribution is -2.44. The number of nitrogens with one attached hydrogen (secondary N) is 1. The number of benzene rings is 1. The van der Waals surface area contributed by atoms with Gasteiger partial charge in [0.2, 0.25) is 0 Å². The van der Waals surface area contributed by atoms with Crippen molar-refractivity contribution in [3.63, 3.8) is 0 Å². The van der Waals surface area contributed by atoms with E-state index in [0.29, 0.717) is 6.04 Å². The van der Waals surface area contributed by atoms with E-state index in [1.165, 1.54) is 34.9 Å². The molecule has 21 heavy (non-hydrogen) atoms. The van der Waals surface area contributed by atoms with Crippen LogP contribution in [0.4, 0.5) is 11.4 Å². The van der Waals surface area contributed by atoms with E-state index in [4.69, 9.17) is 4.74 Å². The second kappa shape index (κ2) is 6.09. The Balaban J connectivity index is 1.70. The molecule has 2 aliphatic rings. The third kappa shape index (κ3) is 3.32. The van der Waals surface area contributed by atoms with Crippen molar-refractivity contribution in [1.29, 1.82) is 0 Å². The summed E-state index contributed by atoms with van der Waals surface area (Å²) in [7, 11) is 4.20. The quantitative estimate of drug-likeness (QED) is 0.923. The van der Waals surface area contributed by atoms with Crippen LogP contribution in [0.25, 0.3) is 0 Å². The highest BCUT2D eigenvalue weighted by atomic mass is 32.2. The second-order valence-corrected chi connectivity index (χ2v) is 7.67. The van der Waals surface area contributed by atoms with Gasteiger partial charge in [-0.2, -0.15) is 11.8 Å².